The Morgan fingerprint density at radius 3 is 2.75 bits per heavy atom. The molecule has 0 aliphatic carbocycles. The Bertz CT molecular complexity index is 939. The largest absolute Gasteiger partial charge is 0.504 e. The smallest absolute Gasteiger partial charge is 0.227 e. The number of aryl methyl sites for hydroxylation is 1. The van der Waals surface area contributed by atoms with E-state index in [4.69, 9.17) is 4.74 Å². The van der Waals surface area contributed by atoms with Crippen LogP contribution in [0.2, 0.25) is 0 Å². The number of phenols is 1. The second-order valence-corrected chi connectivity index (χ2v) is 6.35. The molecule has 28 heavy (non-hydrogen) atoms. The maximum absolute atomic E-state index is 10.3. The maximum atomic E-state index is 10.3. The van der Waals surface area contributed by atoms with Gasteiger partial charge in [-0.3, -0.25) is 0 Å². The Hall–Kier alpha value is -3.07. The molecule has 4 N–H and O–H groups in total. The Labute approximate surface area is 163 Å². The molecule has 9 heteroatoms. The quantitative estimate of drug-likeness (QED) is 0.443. The first-order valence-corrected chi connectivity index (χ1v) is 9.30. The molecule has 2 aromatic heterocycles. The normalized spacial score (nSPS) is 12.1. The number of phenolic OH excluding ortho intramolecular Hbond substituents is 1. The lowest BCUT2D eigenvalue weighted by Gasteiger charge is -2.16. The van der Waals surface area contributed by atoms with Crippen LogP contribution in [0.5, 0.6) is 11.5 Å². The summed E-state index contributed by atoms with van der Waals surface area (Å²) < 4.78 is 7.09. The molecule has 1 aromatic carbocycles. The van der Waals surface area contributed by atoms with E-state index in [1.54, 1.807) is 12.4 Å². The van der Waals surface area contributed by atoms with Crippen LogP contribution in [0.4, 0.5) is 11.8 Å². The number of hydrogen-bond donors (Lipinski definition) is 4. The molecule has 1 atom stereocenters. The van der Waals surface area contributed by atoms with Gasteiger partial charge in [0.25, 0.3) is 0 Å². The zero-order chi connectivity index (χ0) is 20.1. The molecule has 0 fully saturated rings. The first-order chi connectivity index (χ1) is 13.6. The van der Waals surface area contributed by atoms with Crippen LogP contribution in [-0.2, 0) is 13.1 Å². The summed E-state index contributed by atoms with van der Waals surface area (Å²) in [6.07, 6.45) is 2.46. The molecule has 0 amide bonds. The number of fused-ring (bicyclic) bond motifs is 1. The Morgan fingerprint density at radius 1 is 1.25 bits per heavy atom. The number of benzene rings is 1. The van der Waals surface area contributed by atoms with Crippen LogP contribution in [0.25, 0.3) is 11.2 Å². The van der Waals surface area contributed by atoms with Gasteiger partial charge in [-0.15, -0.1) is 0 Å². The van der Waals surface area contributed by atoms with Crippen molar-refractivity contribution in [2.24, 2.45) is 0 Å². The first-order valence-electron chi connectivity index (χ1n) is 9.30. The Kier molecular flexibility index (Phi) is 6.15. The van der Waals surface area contributed by atoms with E-state index >= 15 is 0 Å². The molecule has 3 aromatic rings. The molecular weight excluding hydrogens is 360 g/mol. The molecular formula is C19H26N6O3. The summed E-state index contributed by atoms with van der Waals surface area (Å²) >= 11 is 0. The number of para-hydroxylation sites is 1. The van der Waals surface area contributed by atoms with Gasteiger partial charge >= 0.3 is 0 Å². The summed E-state index contributed by atoms with van der Waals surface area (Å²) in [5.41, 5.74) is 2.02. The molecule has 0 saturated heterocycles. The van der Waals surface area contributed by atoms with Crippen molar-refractivity contribution in [1.29, 1.82) is 0 Å². The monoisotopic (exact) mass is 386 g/mol. The van der Waals surface area contributed by atoms with Gasteiger partial charge in [-0.05, 0) is 19.4 Å². The van der Waals surface area contributed by atoms with E-state index in [0.717, 1.165) is 13.0 Å². The molecule has 2 heterocycles. The predicted molar refractivity (Wildman–Crippen MR) is 108 cm³/mol. The third-order valence-electron chi connectivity index (χ3n) is 4.60. The van der Waals surface area contributed by atoms with E-state index in [0.29, 0.717) is 40.8 Å². The second-order valence-electron chi connectivity index (χ2n) is 6.35. The summed E-state index contributed by atoms with van der Waals surface area (Å²) in [5, 5.41) is 26.2. The summed E-state index contributed by atoms with van der Waals surface area (Å²) in [4.78, 5) is 13.5. The molecule has 1 unspecified atom stereocenters. The van der Waals surface area contributed by atoms with Crippen molar-refractivity contribution in [3.05, 3.63) is 30.1 Å². The van der Waals surface area contributed by atoms with Crippen molar-refractivity contribution in [3.8, 4) is 11.5 Å². The number of aliphatic hydroxyl groups excluding tert-OH is 1. The van der Waals surface area contributed by atoms with Crippen LogP contribution in [0, 0.1) is 0 Å². The standard InChI is InChI=1S/C19H26N6O3/c1-4-13(10-26)22-19-23-17(15-18(24-19)25(5-2)11-21-15)20-9-12-7-6-8-14(28-3)16(12)27/h6-8,11,13,26-27H,4-5,9-10H2,1-3H3,(H2,20,22,23,24). The predicted octanol–water partition coefficient (Wildman–Crippen LogP) is 2.36. The fraction of sp³-hybridized carbons (Fsp3) is 0.421. The lowest BCUT2D eigenvalue weighted by Crippen LogP contribution is -2.24. The summed E-state index contributed by atoms with van der Waals surface area (Å²) in [6.45, 7) is 5.05. The lowest BCUT2D eigenvalue weighted by atomic mass is 10.2. The number of rotatable bonds is 9. The number of hydrogen-bond acceptors (Lipinski definition) is 8. The van der Waals surface area contributed by atoms with Crippen molar-refractivity contribution in [1.82, 2.24) is 19.5 Å². The maximum Gasteiger partial charge on any atom is 0.227 e. The highest BCUT2D eigenvalue weighted by molar-refractivity contribution is 5.84. The van der Waals surface area contributed by atoms with E-state index in [1.165, 1.54) is 7.11 Å². The first kappa shape index (κ1) is 19.7. The number of ether oxygens (including phenoxy) is 1. The van der Waals surface area contributed by atoms with Crippen LogP contribution in [0.3, 0.4) is 0 Å². The van der Waals surface area contributed by atoms with E-state index in [-0.39, 0.29) is 18.4 Å². The van der Waals surface area contributed by atoms with Gasteiger partial charge in [-0.1, -0.05) is 19.1 Å². The van der Waals surface area contributed by atoms with Gasteiger partial charge in [0.1, 0.15) is 0 Å². The number of nitrogens with one attached hydrogen (secondary N) is 2. The minimum atomic E-state index is -0.134. The van der Waals surface area contributed by atoms with Crippen molar-refractivity contribution in [2.75, 3.05) is 24.4 Å². The lowest BCUT2D eigenvalue weighted by molar-refractivity contribution is 0.271. The molecule has 3 rings (SSSR count). The molecule has 0 radical (unpaired) electrons. The van der Waals surface area contributed by atoms with Gasteiger partial charge in [-0.2, -0.15) is 9.97 Å². The average molecular weight is 386 g/mol. The van der Waals surface area contributed by atoms with Crippen LogP contribution in [-0.4, -0.2) is 49.5 Å². The van der Waals surface area contributed by atoms with E-state index in [2.05, 4.69) is 25.6 Å². The van der Waals surface area contributed by atoms with Gasteiger partial charge in [-0.25, -0.2) is 4.98 Å². The number of imidazole rings is 1. The highest BCUT2D eigenvalue weighted by Crippen LogP contribution is 2.30. The van der Waals surface area contributed by atoms with Crippen LogP contribution >= 0.6 is 0 Å². The highest BCUT2D eigenvalue weighted by atomic mass is 16.5. The van der Waals surface area contributed by atoms with Crippen LogP contribution in [0.1, 0.15) is 25.8 Å². The molecule has 9 nitrogen and oxygen atoms in total. The summed E-state index contributed by atoms with van der Waals surface area (Å²) in [6, 6.07) is 5.20. The van der Waals surface area contributed by atoms with Crippen LogP contribution < -0.4 is 15.4 Å². The molecule has 0 bridgehead atoms. The molecule has 0 spiro atoms. The van der Waals surface area contributed by atoms with E-state index in [1.807, 2.05) is 30.5 Å². The van der Waals surface area contributed by atoms with Gasteiger partial charge in [0.2, 0.25) is 5.95 Å². The van der Waals surface area contributed by atoms with Crippen molar-refractivity contribution in [2.45, 2.75) is 39.4 Å². The summed E-state index contributed by atoms with van der Waals surface area (Å²) in [7, 11) is 1.51. The molecule has 0 saturated carbocycles. The number of nitrogens with zero attached hydrogens (tertiary/aromatic N) is 4. The summed E-state index contributed by atoms with van der Waals surface area (Å²) in [5.74, 6) is 1.47. The van der Waals surface area contributed by atoms with Crippen molar-refractivity contribution >= 4 is 22.9 Å². The van der Waals surface area contributed by atoms with Crippen molar-refractivity contribution in [3.63, 3.8) is 0 Å². The van der Waals surface area contributed by atoms with Gasteiger partial charge in [0, 0.05) is 18.7 Å². The highest BCUT2D eigenvalue weighted by Gasteiger charge is 2.16. The SMILES string of the molecule is CCC(CO)Nc1nc(NCc2cccc(OC)c2O)c2ncn(CC)c2n1. The molecule has 0 aliphatic heterocycles. The fourth-order valence-electron chi connectivity index (χ4n) is 2.88. The number of anilines is 2. The Balaban J connectivity index is 1.94. The number of aliphatic hydroxyl groups is 1. The number of methoxy groups -OCH3 is 1. The number of aromatic nitrogens is 4. The second kappa shape index (κ2) is 8.75. The fourth-order valence-corrected chi connectivity index (χ4v) is 2.88. The van der Waals surface area contributed by atoms with Gasteiger partial charge in [0.15, 0.2) is 28.5 Å². The molecule has 150 valence electrons. The molecule has 0 aliphatic rings. The van der Waals surface area contributed by atoms with E-state index in [9.17, 15) is 10.2 Å². The minimum Gasteiger partial charge on any atom is -0.504 e. The van der Waals surface area contributed by atoms with E-state index < -0.39 is 0 Å². The third kappa shape index (κ3) is 3.94. The zero-order valence-corrected chi connectivity index (χ0v) is 16.3. The third-order valence-corrected chi connectivity index (χ3v) is 4.60. The topological polar surface area (TPSA) is 117 Å². The zero-order valence-electron chi connectivity index (χ0n) is 16.3. The Morgan fingerprint density at radius 2 is 2.07 bits per heavy atom. The average Bonchev–Trinajstić information content (AvgIpc) is 3.14. The number of aromatic hydroxyl groups is 1. The van der Waals surface area contributed by atoms with Crippen molar-refractivity contribution < 1.29 is 14.9 Å². The van der Waals surface area contributed by atoms with Crippen LogP contribution in [0.15, 0.2) is 24.5 Å². The van der Waals surface area contributed by atoms with Gasteiger partial charge in [0.05, 0.1) is 26.1 Å². The van der Waals surface area contributed by atoms with Gasteiger partial charge < -0.3 is 30.2 Å². The minimum absolute atomic E-state index is 0.00855.